The van der Waals surface area contributed by atoms with E-state index in [9.17, 15) is 0 Å². The van der Waals surface area contributed by atoms with Gasteiger partial charge in [-0.1, -0.05) is 60.3 Å². The molecule has 1 N–H and O–H groups in total. The Morgan fingerprint density at radius 1 is 0.688 bits per heavy atom. The summed E-state index contributed by atoms with van der Waals surface area (Å²) < 4.78 is 0. The third-order valence-electron chi connectivity index (χ3n) is 2.30. The maximum atomic E-state index is 7.57. The van der Waals surface area contributed by atoms with Crippen LogP contribution in [0.5, 0.6) is 0 Å². The average molecular weight is 233 g/mol. The summed E-state index contributed by atoms with van der Waals surface area (Å²) in [5.74, 6) is 0. The minimum atomic E-state index is 0.250. The fourth-order valence-electron chi connectivity index (χ4n) is 1.17. The molecule has 0 saturated heterocycles. The highest BCUT2D eigenvalue weighted by Gasteiger charge is 1.89. The minimum absolute atomic E-state index is 0.250. The molecule has 0 spiro atoms. The Morgan fingerprint density at radius 3 is 1.00 bits per heavy atom. The van der Waals surface area contributed by atoms with Gasteiger partial charge >= 0.3 is 0 Å². The molecule has 0 bridgehead atoms. The van der Waals surface area contributed by atoms with Gasteiger partial charge in [0.15, 0.2) is 0 Å². The molecular weight excluding hydrogens is 198 g/mol. The Kier molecular flexibility index (Phi) is 32.2. The summed E-state index contributed by atoms with van der Waals surface area (Å²) in [6.45, 7) is 16.5. The standard InChI is InChI=1S/C6H15N.C6H14.C2H6O/c1-4-7(5-2)6-3;1-3-5-6-4-2;1-2-3/h4-6H2,1-3H3;3-6H2,1-2H3;3H,2H2,1H3. The van der Waals surface area contributed by atoms with Gasteiger partial charge in [-0.25, -0.2) is 0 Å². The summed E-state index contributed by atoms with van der Waals surface area (Å²) in [4.78, 5) is 2.38. The first-order chi connectivity index (χ1) is 7.67. The van der Waals surface area contributed by atoms with Crippen molar-refractivity contribution in [1.29, 1.82) is 0 Å². The van der Waals surface area contributed by atoms with Gasteiger partial charge in [-0.05, 0) is 26.6 Å². The summed E-state index contributed by atoms with van der Waals surface area (Å²) in [6, 6.07) is 0. The van der Waals surface area contributed by atoms with Gasteiger partial charge in [0.05, 0.1) is 0 Å². The Hall–Kier alpha value is -0.0800. The quantitative estimate of drug-likeness (QED) is 0.703. The molecule has 0 rings (SSSR count). The van der Waals surface area contributed by atoms with Crippen LogP contribution in [0.4, 0.5) is 0 Å². The highest BCUT2D eigenvalue weighted by atomic mass is 16.2. The maximum Gasteiger partial charge on any atom is 0.0402 e. The number of unbranched alkanes of at least 4 members (excludes halogenated alkanes) is 3. The molecule has 0 aliphatic carbocycles. The van der Waals surface area contributed by atoms with E-state index in [2.05, 4.69) is 39.5 Å². The molecule has 0 heterocycles. The molecule has 16 heavy (non-hydrogen) atoms. The van der Waals surface area contributed by atoms with Gasteiger partial charge in [-0.3, -0.25) is 0 Å². The molecule has 0 amide bonds. The van der Waals surface area contributed by atoms with Crippen molar-refractivity contribution in [3.8, 4) is 0 Å². The van der Waals surface area contributed by atoms with E-state index in [1.165, 1.54) is 45.3 Å². The van der Waals surface area contributed by atoms with Crippen LogP contribution in [0.15, 0.2) is 0 Å². The molecule has 0 radical (unpaired) electrons. The minimum Gasteiger partial charge on any atom is -0.397 e. The Balaban J connectivity index is -0.000000172. The number of aliphatic hydroxyl groups is 1. The lowest BCUT2D eigenvalue weighted by molar-refractivity contribution is 0.318. The van der Waals surface area contributed by atoms with Crippen LogP contribution >= 0.6 is 0 Å². The average Bonchev–Trinajstić information content (AvgIpc) is 2.30. The molecule has 0 aliphatic heterocycles. The van der Waals surface area contributed by atoms with E-state index in [4.69, 9.17) is 5.11 Å². The summed E-state index contributed by atoms with van der Waals surface area (Å²) in [6.07, 6.45) is 5.54. The van der Waals surface area contributed by atoms with E-state index >= 15 is 0 Å². The molecule has 0 unspecified atom stereocenters. The van der Waals surface area contributed by atoms with E-state index in [0.29, 0.717) is 0 Å². The van der Waals surface area contributed by atoms with Gasteiger partial charge in [0.1, 0.15) is 0 Å². The molecule has 0 fully saturated rings. The Bertz CT molecular complexity index is 73.3. The van der Waals surface area contributed by atoms with Crippen molar-refractivity contribution in [2.24, 2.45) is 0 Å². The highest BCUT2D eigenvalue weighted by molar-refractivity contribution is 4.43. The van der Waals surface area contributed by atoms with Crippen LogP contribution in [0, 0.1) is 0 Å². The first-order valence-corrected chi connectivity index (χ1v) is 7.01. The third kappa shape index (κ3) is 29.2. The predicted molar refractivity (Wildman–Crippen MR) is 76.0 cm³/mol. The van der Waals surface area contributed by atoms with Crippen molar-refractivity contribution >= 4 is 0 Å². The highest BCUT2D eigenvalue weighted by Crippen LogP contribution is 1.95. The molecule has 0 aromatic carbocycles. The van der Waals surface area contributed by atoms with Crippen LogP contribution < -0.4 is 0 Å². The second kappa shape index (κ2) is 24.2. The summed E-state index contributed by atoms with van der Waals surface area (Å²) in [7, 11) is 0. The van der Waals surface area contributed by atoms with Crippen molar-refractivity contribution in [3.05, 3.63) is 0 Å². The van der Waals surface area contributed by atoms with Crippen LogP contribution in [0.1, 0.15) is 67.2 Å². The molecule has 2 nitrogen and oxygen atoms in total. The zero-order valence-electron chi connectivity index (χ0n) is 12.6. The van der Waals surface area contributed by atoms with Crippen molar-refractivity contribution in [1.82, 2.24) is 4.90 Å². The van der Waals surface area contributed by atoms with Crippen molar-refractivity contribution < 1.29 is 5.11 Å². The van der Waals surface area contributed by atoms with Crippen LogP contribution in [-0.4, -0.2) is 36.2 Å². The molecule has 0 aromatic rings. The zero-order valence-corrected chi connectivity index (χ0v) is 12.6. The van der Waals surface area contributed by atoms with Crippen LogP contribution in [0.25, 0.3) is 0 Å². The van der Waals surface area contributed by atoms with Crippen LogP contribution in [-0.2, 0) is 0 Å². The fourth-order valence-corrected chi connectivity index (χ4v) is 1.17. The zero-order chi connectivity index (χ0) is 13.2. The topological polar surface area (TPSA) is 23.5 Å². The lowest BCUT2D eigenvalue weighted by Crippen LogP contribution is -2.21. The number of aliphatic hydroxyl groups excluding tert-OH is 1. The van der Waals surface area contributed by atoms with E-state index in [0.717, 1.165) is 0 Å². The van der Waals surface area contributed by atoms with Crippen molar-refractivity contribution in [3.63, 3.8) is 0 Å². The van der Waals surface area contributed by atoms with Gasteiger partial charge < -0.3 is 10.0 Å². The van der Waals surface area contributed by atoms with E-state index < -0.39 is 0 Å². The Labute approximate surface area is 104 Å². The van der Waals surface area contributed by atoms with E-state index in [1.54, 1.807) is 6.92 Å². The monoisotopic (exact) mass is 233 g/mol. The van der Waals surface area contributed by atoms with E-state index in [-0.39, 0.29) is 6.61 Å². The van der Waals surface area contributed by atoms with Crippen LogP contribution in [0.2, 0.25) is 0 Å². The second-order valence-corrected chi connectivity index (χ2v) is 3.64. The number of hydrogen-bond acceptors (Lipinski definition) is 2. The smallest absolute Gasteiger partial charge is 0.0402 e. The molecule has 0 aromatic heterocycles. The largest absolute Gasteiger partial charge is 0.397 e. The van der Waals surface area contributed by atoms with Crippen molar-refractivity contribution in [2.45, 2.75) is 67.2 Å². The lowest BCUT2D eigenvalue weighted by atomic mass is 10.2. The SMILES string of the molecule is CCCCCC.CCN(CC)CC.CCO. The van der Waals surface area contributed by atoms with Gasteiger partial charge in [0.2, 0.25) is 0 Å². The molecule has 0 atom stereocenters. The number of hydrogen-bond donors (Lipinski definition) is 1. The van der Waals surface area contributed by atoms with Gasteiger partial charge in [-0.15, -0.1) is 0 Å². The van der Waals surface area contributed by atoms with Gasteiger partial charge in [0, 0.05) is 6.61 Å². The van der Waals surface area contributed by atoms with E-state index in [1.807, 2.05) is 0 Å². The van der Waals surface area contributed by atoms with Gasteiger partial charge in [-0.2, -0.15) is 0 Å². The summed E-state index contributed by atoms with van der Waals surface area (Å²) in [5.41, 5.74) is 0. The second-order valence-electron chi connectivity index (χ2n) is 3.64. The Morgan fingerprint density at radius 2 is 0.938 bits per heavy atom. The maximum absolute atomic E-state index is 7.57. The third-order valence-corrected chi connectivity index (χ3v) is 2.30. The normalized spacial score (nSPS) is 9.00. The molecule has 102 valence electrons. The van der Waals surface area contributed by atoms with Gasteiger partial charge in [0.25, 0.3) is 0 Å². The summed E-state index contributed by atoms with van der Waals surface area (Å²) in [5, 5.41) is 7.57. The van der Waals surface area contributed by atoms with Crippen molar-refractivity contribution in [2.75, 3.05) is 26.2 Å². The molecule has 2 heteroatoms. The lowest BCUT2D eigenvalue weighted by Gasteiger charge is -2.13. The summed E-state index contributed by atoms with van der Waals surface area (Å²) >= 11 is 0. The fraction of sp³-hybridized carbons (Fsp3) is 1.00. The molecule has 0 aliphatic rings. The molecule has 0 saturated carbocycles. The van der Waals surface area contributed by atoms with Crippen LogP contribution in [0.3, 0.4) is 0 Å². The molecular formula is C14H35NO. The number of nitrogens with zero attached hydrogens (tertiary/aromatic N) is 1. The number of rotatable bonds is 6. The first kappa shape index (κ1) is 21.2. The predicted octanol–water partition coefficient (Wildman–Crippen LogP) is 3.93. The first-order valence-electron chi connectivity index (χ1n) is 7.01.